The van der Waals surface area contributed by atoms with Crippen LogP contribution in [-0.2, 0) is 9.59 Å². The summed E-state index contributed by atoms with van der Waals surface area (Å²) >= 11 is 0. The van der Waals surface area contributed by atoms with Crippen molar-refractivity contribution in [3.8, 4) is 5.75 Å². The van der Waals surface area contributed by atoms with E-state index >= 15 is 0 Å². The highest BCUT2D eigenvalue weighted by Crippen LogP contribution is 2.32. The number of carbonyl (C=O) groups is 2. The lowest BCUT2D eigenvalue weighted by Crippen LogP contribution is -2.39. The number of nitrogens with one attached hydrogen (secondary N) is 1. The molecular weight excluding hydrogens is 322 g/mol. The van der Waals surface area contributed by atoms with Crippen LogP contribution in [0.2, 0.25) is 0 Å². The van der Waals surface area contributed by atoms with Crippen LogP contribution in [0, 0.1) is 11.8 Å². The van der Waals surface area contributed by atoms with E-state index in [1.807, 2.05) is 43.3 Å². The zero-order valence-corrected chi connectivity index (χ0v) is 14.2. The molecule has 0 saturated carbocycles. The van der Waals surface area contributed by atoms with Gasteiger partial charge in [0.25, 0.3) is 0 Å². The number of para-hydroxylation sites is 1. The van der Waals surface area contributed by atoms with Crippen molar-refractivity contribution in [3.05, 3.63) is 42.2 Å². The molecule has 0 unspecified atom stereocenters. The first-order valence-electron chi connectivity index (χ1n) is 8.26. The maximum absolute atomic E-state index is 12.6. The Kier molecular flexibility index (Phi) is 4.79. The number of carboxylic acids is 1. The molecule has 1 amide bonds. The minimum atomic E-state index is -0.939. The average molecular weight is 343 g/mol. The van der Waals surface area contributed by atoms with Crippen LogP contribution in [0.4, 0.5) is 0 Å². The van der Waals surface area contributed by atoms with Gasteiger partial charge in [0.2, 0.25) is 5.91 Å². The van der Waals surface area contributed by atoms with Crippen molar-refractivity contribution in [2.24, 2.45) is 11.8 Å². The smallest absolute Gasteiger partial charge is 0.307 e. The second-order valence-corrected chi connectivity index (χ2v) is 6.25. The lowest BCUT2D eigenvalue weighted by atomic mass is 9.82. The molecule has 0 saturated heterocycles. The molecule has 3 atom stereocenters. The molecule has 1 aliphatic carbocycles. The van der Waals surface area contributed by atoms with Crippen LogP contribution in [0.1, 0.15) is 31.6 Å². The minimum Gasteiger partial charge on any atom is -0.493 e. The Labute approximate surface area is 145 Å². The number of amides is 1. The van der Waals surface area contributed by atoms with E-state index in [-0.39, 0.29) is 11.9 Å². The summed E-state index contributed by atoms with van der Waals surface area (Å²) in [7, 11) is 1.57. The van der Waals surface area contributed by atoms with Crippen LogP contribution in [0.3, 0.4) is 0 Å². The second-order valence-electron chi connectivity index (χ2n) is 6.25. The molecular formula is C19H21NO5. The average Bonchev–Trinajstić information content (AvgIpc) is 3.06. The molecule has 25 heavy (non-hydrogen) atoms. The van der Waals surface area contributed by atoms with Gasteiger partial charge in [-0.1, -0.05) is 24.3 Å². The number of furan rings is 1. The minimum absolute atomic E-state index is 0.267. The number of hydrogen-bond donors (Lipinski definition) is 2. The van der Waals surface area contributed by atoms with E-state index in [2.05, 4.69) is 5.32 Å². The number of fused-ring (bicyclic) bond motifs is 1. The van der Waals surface area contributed by atoms with Crippen molar-refractivity contribution in [1.29, 1.82) is 0 Å². The van der Waals surface area contributed by atoms with Crippen LogP contribution < -0.4 is 10.1 Å². The fraction of sp³-hybridized carbons (Fsp3) is 0.368. The largest absolute Gasteiger partial charge is 0.493 e. The molecule has 1 aliphatic rings. The molecule has 6 nitrogen and oxygen atoms in total. The number of ether oxygens (including phenoxy) is 1. The Balaban J connectivity index is 1.77. The van der Waals surface area contributed by atoms with Crippen LogP contribution >= 0.6 is 0 Å². The number of benzene rings is 1. The summed E-state index contributed by atoms with van der Waals surface area (Å²) in [5, 5.41) is 13.1. The highest BCUT2D eigenvalue weighted by atomic mass is 16.5. The highest BCUT2D eigenvalue weighted by molar-refractivity contribution is 5.86. The molecule has 132 valence electrons. The molecule has 6 heteroatoms. The standard InChI is InChI=1S/C19H21NO5/c1-11(16-10-12-6-5-9-15(24-2)17(12)25-16)20-18(21)13-7-3-4-8-14(13)19(22)23/h3-6,9-11,13-14H,7-8H2,1-2H3,(H,20,21)(H,22,23)/t11-,13+,14-/m0/s1. The van der Waals surface area contributed by atoms with E-state index in [1.165, 1.54) is 0 Å². The molecule has 1 heterocycles. The number of methoxy groups -OCH3 is 1. The lowest BCUT2D eigenvalue weighted by Gasteiger charge is -2.25. The second kappa shape index (κ2) is 7.01. The van der Waals surface area contributed by atoms with Gasteiger partial charge in [0.1, 0.15) is 5.76 Å². The summed E-state index contributed by atoms with van der Waals surface area (Å²) in [5.74, 6) is -1.23. The van der Waals surface area contributed by atoms with Gasteiger partial charge >= 0.3 is 5.97 Å². The number of hydrogen-bond acceptors (Lipinski definition) is 4. The SMILES string of the molecule is COc1cccc2cc([C@H](C)NC(=O)[C@@H]3CC=CC[C@@H]3C(=O)O)oc12. The third-order valence-electron chi connectivity index (χ3n) is 4.62. The highest BCUT2D eigenvalue weighted by Gasteiger charge is 2.34. The molecule has 3 rings (SSSR count). The van der Waals surface area contributed by atoms with Gasteiger partial charge in [-0.25, -0.2) is 0 Å². The zero-order chi connectivity index (χ0) is 18.0. The monoisotopic (exact) mass is 343 g/mol. The Hall–Kier alpha value is -2.76. The van der Waals surface area contributed by atoms with Crippen LogP contribution in [0.15, 0.2) is 40.8 Å². The van der Waals surface area contributed by atoms with Gasteiger partial charge in [0.15, 0.2) is 11.3 Å². The molecule has 0 fully saturated rings. The first-order chi connectivity index (χ1) is 12.0. The van der Waals surface area contributed by atoms with Gasteiger partial charge in [0, 0.05) is 5.39 Å². The van der Waals surface area contributed by atoms with Crippen LogP contribution in [-0.4, -0.2) is 24.1 Å². The van der Waals surface area contributed by atoms with Crippen molar-refractivity contribution < 1.29 is 23.8 Å². The number of aliphatic carboxylic acids is 1. The third kappa shape index (κ3) is 3.38. The van der Waals surface area contributed by atoms with Crippen molar-refractivity contribution in [3.63, 3.8) is 0 Å². The number of carboxylic acid groups (broad SMARTS) is 1. The van der Waals surface area contributed by atoms with Crippen LogP contribution in [0.5, 0.6) is 5.75 Å². The van der Waals surface area contributed by atoms with E-state index < -0.39 is 17.8 Å². The number of allylic oxidation sites excluding steroid dienone is 2. The molecule has 0 radical (unpaired) electrons. The summed E-state index contributed by atoms with van der Waals surface area (Å²) in [6, 6.07) is 7.08. The van der Waals surface area contributed by atoms with Crippen molar-refractivity contribution >= 4 is 22.8 Å². The fourth-order valence-corrected chi connectivity index (χ4v) is 3.20. The Bertz CT molecular complexity index is 822. The molecule has 0 bridgehead atoms. The van der Waals surface area contributed by atoms with Crippen LogP contribution in [0.25, 0.3) is 11.0 Å². The molecule has 2 N–H and O–H groups in total. The summed E-state index contributed by atoms with van der Waals surface area (Å²) in [5.41, 5.74) is 0.630. The predicted molar refractivity (Wildman–Crippen MR) is 92.3 cm³/mol. The van der Waals surface area contributed by atoms with Gasteiger partial charge in [-0.3, -0.25) is 9.59 Å². The molecule has 1 aromatic carbocycles. The van der Waals surface area contributed by atoms with E-state index in [9.17, 15) is 14.7 Å². The maximum Gasteiger partial charge on any atom is 0.307 e. The van der Waals surface area contributed by atoms with Gasteiger partial charge < -0.3 is 19.6 Å². The molecule has 0 spiro atoms. The summed E-state index contributed by atoms with van der Waals surface area (Å²) in [6.07, 6.45) is 4.49. The van der Waals surface area contributed by atoms with Crippen molar-refractivity contribution in [1.82, 2.24) is 5.32 Å². The van der Waals surface area contributed by atoms with Crippen molar-refractivity contribution in [2.45, 2.75) is 25.8 Å². The van der Waals surface area contributed by atoms with Gasteiger partial charge in [-0.05, 0) is 31.9 Å². The summed E-state index contributed by atoms with van der Waals surface area (Å²) in [4.78, 5) is 23.9. The van der Waals surface area contributed by atoms with Gasteiger partial charge in [-0.15, -0.1) is 0 Å². The van der Waals surface area contributed by atoms with E-state index in [0.29, 0.717) is 29.9 Å². The lowest BCUT2D eigenvalue weighted by molar-refractivity contribution is -0.147. The Morgan fingerprint density at radius 3 is 2.68 bits per heavy atom. The molecule has 0 aliphatic heterocycles. The van der Waals surface area contributed by atoms with Crippen molar-refractivity contribution in [2.75, 3.05) is 7.11 Å². The fourth-order valence-electron chi connectivity index (χ4n) is 3.20. The summed E-state index contributed by atoms with van der Waals surface area (Å²) < 4.78 is 11.1. The number of rotatable bonds is 5. The quantitative estimate of drug-likeness (QED) is 0.813. The molecule has 1 aromatic heterocycles. The van der Waals surface area contributed by atoms with E-state index in [1.54, 1.807) is 7.11 Å². The molecule has 2 aromatic rings. The topological polar surface area (TPSA) is 88.8 Å². The maximum atomic E-state index is 12.6. The predicted octanol–water partition coefficient (Wildman–Crippen LogP) is 3.29. The zero-order valence-electron chi connectivity index (χ0n) is 14.2. The van der Waals surface area contributed by atoms with E-state index in [0.717, 1.165) is 5.39 Å². The first-order valence-corrected chi connectivity index (χ1v) is 8.26. The third-order valence-corrected chi connectivity index (χ3v) is 4.62. The first kappa shape index (κ1) is 17.1. The summed E-state index contributed by atoms with van der Waals surface area (Å²) in [6.45, 7) is 1.82. The normalized spacial score (nSPS) is 21.0. The van der Waals surface area contributed by atoms with Gasteiger partial charge in [0.05, 0.1) is 25.0 Å². The van der Waals surface area contributed by atoms with E-state index in [4.69, 9.17) is 9.15 Å². The Morgan fingerprint density at radius 1 is 1.28 bits per heavy atom. The number of carbonyl (C=O) groups excluding carboxylic acids is 1. The Morgan fingerprint density at radius 2 is 2.00 bits per heavy atom. The van der Waals surface area contributed by atoms with Gasteiger partial charge in [-0.2, -0.15) is 0 Å².